The smallest absolute Gasteiger partial charge is 0.149 e. The third-order valence-corrected chi connectivity index (χ3v) is 12.9. The maximum Gasteiger partial charge on any atom is 0.149 e. The molecule has 0 fully saturated rings. The topological polar surface area (TPSA) is 55.9 Å². The maximum atomic E-state index is 12.5. The van der Waals surface area contributed by atoms with E-state index in [1.165, 1.54) is 10.9 Å². The lowest BCUT2D eigenvalue weighted by Gasteiger charge is -2.28. The fraction of sp³-hybridized carbons (Fsp3) is 0.200. The lowest BCUT2D eigenvalue weighted by atomic mass is 9.79. The number of aromatic hydroxyl groups is 1. The molecular weight excluding hydrogens is 793 g/mol. The van der Waals surface area contributed by atoms with E-state index in [0.717, 1.165) is 83.5 Å². The van der Waals surface area contributed by atoms with Gasteiger partial charge in [-0.25, -0.2) is 4.98 Å². The Hall–Kier alpha value is -7.24. The average Bonchev–Trinajstić information content (AvgIpc) is 3.84. The van der Waals surface area contributed by atoms with E-state index in [4.69, 9.17) is 9.97 Å². The number of hydrogen-bond donors (Lipinski definition) is 1. The summed E-state index contributed by atoms with van der Waals surface area (Å²) in [6, 6.07) is 58.2. The minimum atomic E-state index is -0.320. The Kier molecular flexibility index (Phi) is 9.95. The second-order valence-corrected chi connectivity index (χ2v) is 20.6. The molecule has 0 aliphatic heterocycles. The zero-order chi connectivity index (χ0) is 45.4. The van der Waals surface area contributed by atoms with E-state index >= 15 is 0 Å². The van der Waals surface area contributed by atoms with Crippen molar-refractivity contribution in [3.05, 3.63) is 187 Å². The van der Waals surface area contributed by atoms with E-state index in [9.17, 15) is 5.11 Å². The summed E-state index contributed by atoms with van der Waals surface area (Å²) < 4.78 is 4.58. The van der Waals surface area contributed by atoms with Gasteiger partial charge in [0.2, 0.25) is 0 Å². The van der Waals surface area contributed by atoms with E-state index < -0.39 is 0 Å². The normalized spacial score (nSPS) is 12.4. The van der Waals surface area contributed by atoms with Crippen LogP contribution in [0.4, 0.5) is 0 Å². The van der Waals surface area contributed by atoms with Gasteiger partial charge in [0, 0.05) is 38.7 Å². The summed E-state index contributed by atoms with van der Waals surface area (Å²) >= 11 is 0. The Labute approximate surface area is 382 Å². The van der Waals surface area contributed by atoms with Crippen molar-refractivity contribution in [3.8, 4) is 62.0 Å². The molecule has 0 amide bonds. The first kappa shape index (κ1) is 41.8. The molecule has 0 radical (unpaired) electrons. The van der Waals surface area contributed by atoms with E-state index in [2.05, 4.69) is 235 Å². The van der Waals surface area contributed by atoms with Crippen molar-refractivity contribution in [1.29, 1.82) is 0 Å². The Bertz CT molecular complexity index is 3430. The highest BCUT2D eigenvalue weighted by Gasteiger charge is 2.30. The summed E-state index contributed by atoms with van der Waals surface area (Å²) in [6.07, 6.45) is 2.01. The lowest BCUT2D eigenvalue weighted by Crippen LogP contribution is -2.17. The Morgan fingerprint density at radius 1 is 0.446 bits per heavy atom. The van der Waals surface area contributed by atoms with E-state index in [-0.39, 0.29) is 22.0 Å². The highest BCUT2D eigenvalue weighted by molar-refractivity contribution is 6.10. The van der Waals surface area contributed by atoms with Gasteiger partial charge in [-0.1, -0.05) is 172 Å². The molecule has 0 spiro atoms. The number of para-hydroxylation sites is 3. The van der Waals surface area contributed by atoms with E-state index in [1.54, 1.807) is 0 Å². The molecule has 10 rings (SSSR count). The molecule has 10 aromatic rings. The molecule has 65 heavy (non-hydrogen) atoms. The first-order chi connectivity index (χ1) is 31.1. The van der Waals surface area contributed by atoms with Crippen LogP contribution in [0, 0.1) is 0 Å². The van der Waals surface area contributed by atoms with Crippen LogP contribution in [0.2, 0.25) is 0 Å². The molecule has 0 saturated carbocycles. The molecule has 3 aromatic heterocycles. The van der Waals surface area contributed by atoms with Crippen LogP contribution in [0.15, 0.2) is 170 Å². The summed E-state index contributed by atoms with van der Waals surface area (Å²) in [4.78, 5) is 10.8. The van der Waals surface area contributed by atoms with Crippen LogP contribution >= 0.6 is 0 Å². The molecule has 7 aromatic carbocycles. The van der Waals surface area contributed by atoms with Gasteiger partial charge in [-0.2, -0.15) is 0 Å². The molecule has 5 nitrogen and oxygen atoms in total. The number of aromatic nitrogens is 4. The van der Waals surface area contributed by atoms with Gasteiger partial charge in [0.25, 0.3) is 0 Å². The van der Waals surface area contributed by atoms with Gasteiger partial charge in [0.1, 0.15) is 11.6 Å². The maximum absolute atomic E-state index is 12.5. The van der Waals surface area contributed by atoms with Gasteiger partial charge < -0.3 is 9.67 Å². The summed E-state index contributed by atoms with van der Waals surface area (Å²) in [5.74, 6) is 0.952. The van der Waals surface area contributed by atoms with Crippen LogP contribution < -0.4 is 0 Å². The number of imidazole rings is 1. The lowest BCUT2D eigenvalue weighted by molar-refractivity contribution is 0.446. The van der Waals surface area contributed by atoms with Crippen LogP contribution in [0.5, 0.6) is 5.75 Å². The SMILES string of the molecule is CC(C)(C)c1ccc(-n2c(-c3cc(C(C)(C)C)cc(C(C)(C)C)c3O)nc3c(-c4cccc(-c5cc6c7ccccc7n(-c7ccccc7)c6cn5)c4)cccc32)c(-c2ccccc2)c1. The number of phenolic OH excluding ortho intramolecular Hbond substituents is 1. The van der Waals surface area contributed by atoms with Crippen molar-refractivity contribution >= 4 is 32.8 Å². The number of benzene rings is 7. The summed E-state index contributed by atoms with van der Waals surface area (Å²) in [5.41, 5.74) is 15.7. The quantitative estimate of drug-likeness (QED) is 0.181. The molecule has 0 aliphatic rings. The molecule has 0 unspecified atom stereocenters. The third-order valence-electron chi connectivity index (χ3n) is 12.9. The summed E-state index contributed by atoms with van der Waals surface area (Å²) in [6.45, 7) is 20.0. The second-order valence-electron chi connectivity index (χ2n) is 20.6. The minimum absolute atomic E-state index is 0.0701. The van der Waals surface area contributed by atoms with Crippen molar-refractivity contribution in [2.24, 2.45) is 0 Å². The van der Waals surface area contributed by atoms with Crippen molar-refractivity contribution in [1.82, 2.24) is 19.1 Å². The van der Waals surface area contributed by atoms with E-state index in [0.29, 0.717) is 11.4 Å². The molecule has 1 N–H and O–H groups in total. The fourth-order valence-corrected chi connectivity index (χ4v) is 9.34. The molecule has 3 heterocycles. The molecule has 322 valence electrons. The zero-order valence-corrected chi connectivity index (χ0v) is 38.9. The highest BCUT2D eigenvalue weighted by atomic mass is 16.3. The molecule has 5 heteroatoms. The van der Waals surface area contributed by atoms with Gasteiger partial charge >= 0.3 is 0 Å². The number of nitrogens with zero attached hydrogens (tertiary/aromatic N) is 4. The number of pyridine rings is 1. The largest absolute Gasteiger partial charge is 0.507 e. The summed E-state index contributed by atoms with van der Waals surface area (Å²) in [5, 5.41) is 14.8. The monoisotopic (exact) mass is 848 g/mol. The van der Waals surface area contributed by atoms with Crippen molar-refractivity contribution < 1.29 is 5.11 Å². The third kappa shape index (κ3) is 7.39. The molecule has 0 saturated heterocycles. The number of fused-ring (bicyclic) bond motifs is 4. The van der Waals surface area contributed by atoms with Gasteiger partial charge in [-0.15, -0.1) is 0 Å². The van der Waals surface area contributed by atoms with Gasteiger partial charge in [0.15, 0.2) is 0 Å². The first-order valence-electron chi connectivity index (χ1n) is 22.7. The Balaban J connectivity index is 1.22. The van der Waals surface area contributed by atoms with Crippen LogP contribution in [-0.4, -0.2) is 24.2 Å². The second kappa shape index (κ2) is 15.5. The number of phenols is 1. The molecule has 0 bridgehead atoms. The van der Waals surface area contributed by atoms with Crippen molar-refractivity contribution in [3.63, 3.8) is 0 Å². The Morgan fingerprint density at radius 3 is 1.80 bits per heavy atom. The van der Waals surface area contributed by atoms with Gasteiger partial charge in [0.05, 0.1) is 45.2 Å². The van der Waals surface area contributed by atoms with Gasteiger partial charge in [-0.3, -0.25) is 9.55 Å². The van der Waals surface area contributed by atoms with Crippen LogP contribution in [0.1, 0.15) is 79.0 Å². The van der Waals surface area contributed by atoms with E-state index in [1.807, 2.05) is 6.20 Å². The predicted octanol–water partition coefficient (Wildman–Crippen LogP) is 15.8. The van der Waals surface area contributed by atoms with Crippen molar-refractivity contribution in [2.45, 2.75) is 78.6 Å². The zero-order valence-electron chi connectivity index (χ0n) is 38.9. The fourth-order valence-electron chi connectivity index (χ4n) is 9.34. The molecule has 0 atom stereocenters. The Morgan fingerprint density at radius 2 is 1.08 bits per heavy atom. The van der Waals surface area contributed by atoms with Crippen LogP contribution in [0.25, 0.3) is 89.1 Å². The highest BCUT2D eigenvalue weighted by Crippen LogP contribution is 2.46. The minimum Gasteiger partial charge on any atom is -0.507 e. The van der Waals surface area contributed by atoms with Gasteiger partial charge in [-0.05, 0) is 93.1 Å². The number of hydrogen-bond acceptors (Lipinski definition) is 3. The van der Waals surface area contributed by atoms with Crippen LogP contribution in [0.3, 0.4) is 0 Å². The summed E-state index contributed by atoms with van der Waals surface area (Å²) in [7, 11) is 0. The predicted molar refractivity (Wildman–Crippen MR) is 273 cm³/mol. The standard InChI is InChI=1S/C60H56N4O/c1-58(2,3)41-30-31-52(46(33-41)38-20-12-10-13-21-38)64-53-29-19-27-44(55(53)62-57(64)48-34-42(59(4,5)6)35-49(56(48)65)60(7,8)9)39-22-18-23-40(32-39)50-36-47-45-26-16-17-28-51(45)63(54(47)37-61-50)43-24-14-11-15-25-43/h10-37,65H,1-9H3. The van der Waals surface area contributed by atoms with Crippen LogP contribution in [-0.2, 0) is 16.2 Å². The number of rotatable bonds is 6. The molecule has 0 aliphatic carbocycles. The van der Waals surface area contributed by atoms with Crippen molar-refractivity contribution in [2.75, 3.05) is 0 Å². The first-order valence-corrected chi connectivity index (χ1v) is 22.7. The average molecular weight is 849 g/mol. The molecular formula is C60H56N4O.